The summed E-state index contributed by atoms with van der Waals surface area (Å²) in [6.45, 7) is 0.495. The van der Waals surface area contributed by atoms with Crippen LogP contribution in [0.2, 0.25) is 0 Å². The van der Waals surface area contributed by atoms with E-state index in [9.17, 15) is 4.79 Å². The average Bonchev–Trinajstić information content (AvgIpc) is 2.96. The van der Waals surface area contributed by atoms with Crippen LogP contribution in [0, 0.1) is 0 Å². The topological polar surface area (TPSA) is 35.1 Å². The maximum absolute atomic E-state index is 12.2. The van der Waals surface area contributed by atoms with Crippen molar-refractivity contribution in [2.45, 2.75) is 6.54 Å². The molecule has 0 N–H and O–H groups in total. The van der Waals surface area contributed by atoms with Gasteiger partial charge >= 0.3 is 5.76 Å². The van der Waals surface area contributed by atoms with Crippen molar-refractivity contribution in [1.82, 2.24) is 4.57 Å². The minimum Gasteiger partial charge on any atom is -0.416 e. The van der Waals surface area contributed by atoms with Gasteiger partial charge < -0.3 is 4.42 Å². The summed E-state index contributed by atoms with van der Waals surface area (Å²) < 4.78 is 6.86. The number of nitrogens with zero attached hydrogens (tertiary/aromatic N) is 1. The fourth-order valence-corrected chi connectivity index (χ4v) is 2.91. The monoisotopic (exact) mass is 301 g/mol. The second kappa shape index (κ2) is 5.61. The molecule has 0 spiro atoms. The summed E-state index contributed by atoms with van der Waals surface area (Å²) in [5.41, 5.74) is 2.87. The molecule has 0 aliphatic heterocycles. The molecule has 0 unspecified atom stereocenters. The Kier molecular flexibility index (Phi) is 3.31. The van der Waals surface area contributed by atoms with E-state index in [0.29, 0.717) is 6.54 Å². The van der Waals surface area contributed by atoms with E-state index in [1.807, 2.05) is 54.6 Å². The van der Waals surface area contributed by atoms with Gasteiger partial charge in [-0.2, -0.15) is 0 Å². The summed E-state index contributed by atoms with van der Waals surface area (Å²) in [5, 5.41) is 2.25. The lowest BCUT2D eigenvalue weighted by Gasteiger charge is -2.09. The maximum atomic E-state index is 12.2. The minimum atomic E-state index is -0.336. The highest BCUT2D eigenvalue weighted by atomic mass is 16.4. The van der Waals surface area contributed by atoms with Gasteiger partial charge in [-0.3, -0.25) is 4.57 Å². The van der Waals surface area contributed by atoms with Gasteiger partial charge in [0, 0.05) is 5.56 Å². The molecule has 0 bridgehead atoms. The number of benzene rings is 3. The highest BCUT2D eigenvalue weighted by Gasteiger charge is 2.13. The van der Waals surface area contributed by atoms with E-state index >= 15 is 0 Å². The molecule has 0 radical (unpaired) electrons. The van der Waals surface area contributed by atoms with Gasteiger partial charge in [0.1, 0.15) is 6.26 Å². The first kappa shape index (κ1) is 13.6. The van der Waals surface area contributed by atoms with E-state index in [2.05, 4.69) is 18.2 Å². The zero-order valence-electron chi connectivity index (χ0n) is 12.5. The molecule has 0 saturated carbocycles. The van der Waals surface area contributed by atoms with E-state index in [1.165, 1.54) is 0 Å². The van der Waals surface area contributed by atoms with E-state index in [1.54, 1.807) is 10.8 Å². The van der Waals surface area contributed by atoms with Gasteiger partial charge in [0.05, 0.1) is 12.2 Å². The third-order valence-corrected chi connectivity index (χ3v) is 4.03. The van der Waals surface area contributed by atoms with Gasteiger partial charge in [-0.15, -0.1) is 0 Å². The Bertz CT molecular complexity index is 1010. The molecule has 1 heterocycles. The molecule has 3 aromatic carbocycles. The third-order valence-electron chi connectivity index (χ3n) is 4.03. The molecule has 0 amide bonds. The highest BCUT2D eigenvalue weighted by molar-refractivity contribution is 5.95. The van der Waals surface area contributed by atoms with Crippen LogP contribution in [0.1, 0.15) is 5.56 Å². The normalized spacial score (nSPS) is 11.0. The van der Waals surface area contributed by atoms with E-state index in [-0.39, 0.29) is 5.76 Å². The molecule has 1 aromatic heterocycles. The quantitative estimate of drug-likeness (QED) is 0.565. The molecule has 3 nitrogen and oxygen atoms in total. The Morgan fingerprint density at radius 3 is 2.43 bits per heavy atom. The van der Waals surface area contributed by atoms with Crippen LogP contribution in [0.4, 0.5) is 0 Å². The van der Waals surface area contributed by atoms with Gasteiger partial charge in [-0.25, -0.2) is 4.79 Å². The van der Waals surface area contributed by atoms with Crippen molar-refractivity contribution < 1.29 is 4.42 Å². The molecular formula is C20H15NO2. The molecule has 0 saturated heterocycles. The van der Waals surface area contributed by atoms with Crippen LogP contribution >= 0.6 is 0 Å². The molecular weight excluding hydrogens is 286 g/mol. The second-order valence-electron chi connectivity index (χ2n) is 5.49. The molecule has 0 aliphatic rings. The predicted molar refractivity (Wildman–Crippen MR) is 91.5 cm³/mol. The Labute approximate surface area is 133 Å². The summed E-state index contributed by atoms with van der Waals surface area (Å²) in [7, 11) is 0. The highest BCUT2D eigenvalue weighted by Crippen LogP contribution is 2.28. The molecule has 0 aliphatic carbocycles. The van der Waals surface area contributed by atoms with Crippen molar-refractivity contribution in [2.24, 2.45) is 0 Å². The van der Waals surface area contributed by atoms with Crippen molar-refractivity contribution in [3.63, 3.8) is 0 Å². The largest absolute Gasteiger partial charge is 0.419 e. The number of oxazole rings is 1. The smallest absolute Gasteiger partial charge is 0.416 e. The van der Waals surface area contributed by atoms with Gasteiger partial charge in [0.2, 0.25) is 0 Å². The van der Waals surface area contributed by atoms with E-state index in [0.717, 1.165) is 27.6 Å². The van der Waals surface area contributed by atoms with E-state index in [4.69, 9.17) is 4.42 Å². The molecule has 4 rings (SSSR count). The summed E-state index contributed by atoms with van der Waals surface area (Å²) in [5.74, 6) is -0.336. The molecule has 0 fully saturated rings. The summed E-state index contributed by atoms with van der Waals surface area (Å²) >= 11 is 0. The fourth-order valence-electron chi connectivity index (χ4n) is 2.91. The van der Waals surface area contributed by atoms with Crippen LogP contribution in [0.15, 0.2) is 88.3 Å². The number of hydrogen-bond acceptors (Lipinski definition) is 2. The first-order valence-corrected chi connectivity index (χ1v) is 7.53. The number of rotatable bonds is 3. The second-order valence-corrected chi connectivity index (χ2v) is 5.49. The average molecular weight is 301 g/mol. The lowest BCUT2D eigenvalue weighted by Crippen LogP contribution is -2.16. The summed E-state index contributed by atoms with van der Waals surface area (Å²) in [4.78, 5) is 12.2. The van der Waals surface area contributed by atoms with Gasteiger partial charge in [0.25, 0.3) is 0 Å². The Morgan fingerprint density at radius 1 is 0.826 bits per heavy atom. The Morgan fingerprint density at radius 2 is 1.57 bits per heavy atom. The lowest BCUT2D eigenvalue weighted by atomic mass is 10.0. The number of hydrogen-bond donors (Lipinski definition) is 0. The fraction of sp³-hybridized carbons (Fsp3) is 0.0500. The van der Waals surface area contributed by atoms with Gasteiger partial charge in [0.15, 0.2) is 0 Å². The predicted octanol–water partition coefficient (Wildman–Crippen LogP) is 4.31. The maximum Gasteiger partial charge on any atom is 0.419 e. The molecule has 23 heavy (non-hydrogen) atoms. The summed E-state index contributed by atoms with van der Waals surface area (Å²) in [6.07, 6.45) is 1.55. The van der Waals surface area contributed by atoms with Crippen LogP contribution in [-0.4, -0.2) is 4.57 Å². The van der Waals surface area contributed by atoms with Crippen LogP contribution in [-0.2, 0) is 6.54 Å². The van der Waals surface area contributed by atoms with Crippen LogP contribution in [0.25, 0.3) is 22.0 Å². The Hall–Kier alpha value is -3.07. The zero-order valence-corrected chi connectivity index (χ0v) is 12.5. The lowest BCUT2D eigenvalue weighted by molar-refractivity contribution is 0.487. The van der Waals surface area contributed by atoms with Crippen molar-refractivity contribution in [1.29, 1.82) is 0 Å². The van der Waals surface area contributed by atoms with Gasteiger partial charge in [-0.1, -0.05) is 72.8 Å². The third kappa shape index (κ3) is 2.46. The van der Waals surface area contributed by atoms with Crippen LogP contribution < -0.4 is 5.76 Å². The van der Waals surface area contributed by atoms with Crippen LogP contribution in [0.5, 0.6) is 0 Å². The number of aromatic nitrogens is 1. The first-order valence-electron chi connectivity index (χ1n) is 7.53. The minimum absolute atomic E-state index is 0.336. The molecule has 4 aromatic rings. The van der Waals surface area contributed by atoms with Crippen molar-refractivity contribution >= 4 is 10.8 Å². The van der Waals surface area contributed by atoms with E-state index < -0.39 is 0 Å². The van der Waals surface area contributed by atoms with Crippen molar-refractivity contribution in [2.75, 3.05) is 0 Å². The Balaban J connectivity index is 1.88. The van der Waals surface area contributed by atoms with Crippen molar-refractivity contribution in [3.8, 4) is 11.3 Å². The van der Waals surface area contributed by atoms with Gasteiger partial charge in [-0.05, 0) is 16.3 Å². The first-order chi connectivity index (χ1) is 11.3. The van der Waals surface area contributed by atoms with Crippen LogP contribution in [0.3, 0.4) is 0 Å². The zero-order chi connectivity index (χ0) is 15.6. The molecule has 3 heteroatoms. The molecule has 0 atom stereocenters. The number of fused-ring (bicyclic) bond motifs is 1. The SMILES string of the molecule is O=c1occ(-c2cccc3ccccc23)n1Cc1ccccc1. The summed E-state index contributed by atoms with van der Waals surface area (Å²) in [6, 6.07) is 24.2. The van der Waals surface area contributed by atoms with Crippen molar-refractivity contribution in [3.05, 3.63) is 95.2 Å². The standard InChI is InChI=1S/C20H15NO2/c22-20-21(13-15-7-2-1-3-8-15)19(14-23-20)18-12-6-10-16-9-4-5-11-17(16)18/h1-12,14H,13H2. The molecule has 112 valence electrons.